The number of benzene rings is 3. The maximum absolute atomic E-state index is 13.9. The van der Waals surface area contributed by atoms with Gasteiger partial charge in [-0.1, -0.05) is 42.5 Å². The molecule has 0 spiro atoms. The van der Waals surface area contributed by atoms with Crippen LogP contribution in [0.2, 0.25) is 0 Å². The monoisotopic (exact) mass is 534 g/mol. The molecule has 0 aliphatic carbocycles. The number of amides is 1. The molecular formula is C26H19F5N2O5. The van der Waals surface area contributed by atoms with Crippen molar-refractivity contribution in [3.8, 4) is 11.5 Å². The number of rotatable bonds is 6. The Hall–Kier alpha value is -4.74. The summed E-state index contributed by atoms with van der Waals surface area (Å²) in [5, 5.41) is 21.4. The molecule has 1 amide bonds. The number of halogens is 5. The summed E-state index contributed by atoms with van der Waals surface area (Å²) >= 11 is 0. The highest BCUT2D eigenvalue weighted by atomic mass is 19.4. The standard InChI is InChI=1S/C24H18F2N2O3.C2HF3O2/c25-19-11-9-16(13-20(19)26)22(28-21(29)14-31-17-6-2-1-3-7-17)18-10-8-15-5-4-12-27-23(15)24(18)30;3-2(4,5)1(6)7/h1-13,22,30H,14H2,(H,28,29);(H,6,7). The van der Waals surface area contributed by atoms with E-state index in [1.807, 2.05) is 6.07 Å². The third-order valence-electron chi connectivity index (χ3n) is 5.03. The number of ether oxygens (including phenoxy) is 1. The number of aromatic nitrogens is 1. The van der Waals surface area contributed by atoms with Crippen molar-refractivity contribution >= 4 is 22.8 Å². The predicted octanol–water partition coefficient (Wildman–Crippen LogP) is 5.14. The van der Waals surface area contributed by atoms with Gasteiger partial charge in [0.25, 0.3) is 5.91 Å². The van der Waals surface area contributed by atoms with Gasteiger partial charge in [-0.15, -0.1) is 0 Å². The number of carbonyl (C=O) groups is 2. The lowest BCUT2D eigenvalue weighted by Crippen LogP contribution is -2.33. The molecule has 1 atom stereocenters. The highest BCUT2D eigenvalue weighted by Crippen LogP contribution is 2.34. The fourth-order valence-electron chi connectivity index (χ4n) is 3.28. The molecule has 4 aromatic rings. The molecule has 0 saturated carbocycles. The smallest absolute Gasteiger partial charge is 0.490 e. The zero-order chi connectivity index (χ0) is 27.9. The number of aliphatic carboxylic acids is 1. The Balaban J connectivity index is 0.000000505. The van der Waals surface area contributed by atoms with Crippen LogP contribution in [0.5, 0.6) is 11.5 Å². The van der Waals surface area contributed by atoms with Crippen molar-refractivity contribution < 1.29 is 46.5 Å². The van der Waals surface area contributed by atoms with E-state index in [1.54, 1.807) is 48.5 Å². The Morgan fingerprint density at radius 3 is 2.26 bits per heavy atom. The van der Waals surface area contributed by atoms with Crippen LogP contribution in [0.25, 0.3) is 10.9 Å². The van der Waals surface area contributed by atoms with Gasteiger partial charge in [0.05, 0.1) is 6.04 Å². The van der Waals surface area contributed by atoms with Gasteiger partial charge in [0.2, 0.25) is 0 Å². The summed E-state index contributed by atoms with van der Waals surface area (Å²) in [5.74, 6) is -4.97. The number of carbonyl (C=O) groups excluding carboxylic acids is 1. The highest BCUT2D eigenvalue weighted by Gasteiger charge is 2.38. The van der Waals surface area contributed by atoms with Crippen molar-refractivity contribution in [2.45, 2.75) is 12.2 Å². The second-order valence-corrected chi connectivity index (χ2v) is 7.66. The van der Waals surface area contributed by atoms with E-state index in [-0.39, 0.29) is 17.9 Å². The molecule has 1 aromatic heterocycles. The topological polar surface area (TPSA) is 109 Å². The Kier molecular flexibility index (Phi) is 8.79. The minimum atomic E-state index is -5.08. The van der Waals surface area contributed by atoms with E-state index in [2.05, 4.69) is 10.3 Å². The largest absolute Gasteiger partial charge is 0.505 e. The molecule has 1 unspecified atom stereocenters. The fraction of sp³-hybridized carbons (Fsp3) is 0.115. The van der Waals surface area contributed by atoms with Crippen LogP contribution in [0, 0.1) is 11.6 Å². The number of carboxylic acids is 1. The number of aromatic hydroxyl groups is 1. The number of phenols is 1. The third-order valence-corrected chi connectivity index (χ3v) is 5.03. The molecule has 38 heavy (non-hydrogen) atoms. The minimum absolute atomic E-state index is 0.155. The van der Waals surface area contributed by atoms with Crippen molar-refractivity contribution in [1.29, 1.82) is 0 Å². The molecular weight excluding hydrogens is 515 g/mol. The minimum Gasteiger partial charge on any atom is -0.505 e. The van der Waals surface area contributed by atoms with E-state index in [4.69, 9.17) is 14.6 Å². The molecule has 0 fully saturated rings. The zero-order valence-corrected chi connectivity index (χ0v) is 19.2. The molecule has 0 aliphatic heterocycles. The van der Waals surface area contributed by atoms with Crippen molar-refractivity contribution in [2.75, 3.05) is 6.61 Å². The maximum atomic E-state index is 13.9. The Morgan fingerprint density at radius 1 is 0.947 bits per heavy atom. The van der Waals surface area contributed by atoms with E-state index >= 15 is 0 Å². The van der Waals surface area contributed by atoms with Gasteiger partial charge in [-0.3, -0.25) is 9.78 Å². The Morgan fingerprint density at radius 2 is 1.63 bits per heavy atom. The molecule has 0 aliphatic rings. The van der Waals surface area contributed by atoms with Crippen LogP contribution >= 0.6 is 0 Å². The van der Waals surface area contributed by atoms with Crippen molar-refractivity contribution in [3.63, 3.8) is 0 Å². The van der Waals surface area contributed by atoms with Gasteiger partial charge in [0.15, 0.2) is 18.2 Å². The number of alkyl halides is 3. The summed E-state index contributed by atoms with van der Waals surface area (Å²) in [6.45, 7) is -0.295. The molecule has 3 aromatic carbocycles. The Labute approximate surface area is 212 Å². The first-order valence-electron chi connectivity index (χ1n) is 10.8. The molecule has 1 heterocycles. The molecule has 3 N–H and O–H groups in total. The van der Waals surface area contributed by atoms with E-state index in [0.29, 0.717) is 22.2 Å². The van der Waals surface area contributed by atoms with Crippen molar-refractivity contribution in [3.05, 3.63) is 102 Å². The number of nitrogens with zero attached hydrogens (tertiary/aromatic N) is 1. The van der Waals surface area contributed by atoms with Crippen LogP contribution < -0.4 is 10.1 Å². The average molecular weight is 534 g/mol. The number of hydrogen-bond donors (Lipinski definition) is 3. The van der Waals surface area contributed by atoms with Gasteiger partial charge in [-0.2, -0.15) is 13.2 Å². The summed E-state index contributed by atoms with van der Waals surface area (Å²) in [6.07, 6.45) is -3.55. The first kappa shape index (κ1) is 27.8. The molecule has 7 nitrogen and oxygen atoms in total. The van der Waals surface area contributed by atoms with Gasteiger partial charge >= 0.3 is 12.1 Å². The number of hydrogen-bond acceptors (Lipinski definition) is 5. The SMILES string of the molecule is O=C(COc1ccccc1)NC(c1ccc(F)c(F)c1)c1ccc2cccnc2c1O.O=C(O)C(F)(F)F. The van der Waals surface area contributed by atoms with Gasteiger partial charge < -0.3 is 20.3 Å². The maximum Gasteiger partial charge on any atom is 0.490 e. The second kappa shape index (κ2) is 12.0. The van der Waals surface area contributed by atoms with Crippen molar-refractivity contribution in [2.24, 2.45) is 0 Å². The average Bonchev–Trinajstić information content (AvgIpc) is 2.89. The molecule has 4 rings (SSSR count). The van der Waals surface area contributed by atoms with Gasteiger partial charge in [0, 0.05) is 17.1 Å². The van der Waals surface area contributed by atoms with Crippen LogP contribution in [-0.4, -0.2) is 39.9 Å². The first-order valence-corrected chi connectivity index (χ1v) is 10.8. The number of pyridine rings is 1. The van der Waals surface area contributed by atoms with E-state index in [1.165, 1.54) is 12.3 Å². The summed E-state index contributed by atoms with van der Waals surface area (Å²) in [6, 6.07) is 18.0. The second-order valence-electron chi connectivity index (χ2n) is 7.66. The fourth-order valence-corrected chi connectivity index (χ4v) is 3.28. The van der Waals surface area contributed by atoms with E-state index in [9.17, 15) is 31.9 Å². The van der Waals surface area contributed by atoms with Crippen LogP contribution in [0.15, 0.2) is 79.0 Å². The van der Waals surface area contributed by atoms with E-state index in [0.717, 1.165) is 12.1 Å². The number of nitrogens with one attached hydrogen (secondary N) is 1. The van der Waals surface area contributed by atoms with Crippen LogP contribution in [0.4, 0.5) is 22.0 Å². The zero-order valence-electron chi connectivity index (χ0n) is 19.2. The quantitative estimate of drug-likeness (QED) is 0.296. The summed E-state index contributed by atoms with van der Waals surface area (Å²) < 4.78 is 64.6. The summed E-state index contributed by atoms with van der Waals surface area (Å²) in [5.41, 5.74) is 0.894. The number of fused-ring (bicyclic) bond motifs is 1. The number of phenolic OH excluding ortho intramolecular Hbond substituents is 1. The predicted molar refractivity (Wildman–Crippen MR) is 125 cm³/mol. The third kappa shape index (κ3) is 7.15. The van der Waals surface area contributed by atoms with Crippen LogP contribution in [0.1, 0.15) is 17.2 Å². The lowest BCUT2D eigenvalue weighted by Gasteiger charge is -2.21. The first-order chi connectivity index (χ1) is 18.0. The van der Waals surface area contributed by atoms with Crippen molar-refractivity contribution in [1.82, 2.24) is 10.3 Å². The van der Waals surface area contributed by atoms with Crippen LogP contribution in [-0.2, 0) is 9.59 Å². The van der Waals surface area contributed by atoms with Gasteiger partial charge in [0.1, 0.15) is 17.0 Å². The number of para-hydroxylation sites is 1. The number of carboxylic acid groups (broad SMARTS) is 1. The van der Waals surface area contributed by atoms with E-state index < -0.39 is 35.7 Å². The molecule has 0 saturated heterocycles. The van der Waals surface area contributed by atoms with Crippen LogP contribution in [0.3, 0.4) is 0 Å². The highest BCUT2D eigenvalue weighted by molar-refractivity contribution is 5.86. The van der Waals surface area contributed by atoms with Gasteiger partial charge in [-0.05, 0) is 35.9 Å². The summed E-state index contributed by atoms with van der Waals surface area (Å²) in [4.78, 5) is 25.7. The Bertz CT molecular complexity index is 1430. The molecule has 198 valence electrons. The lowest BCUT2D eigenvalue weighted by atomic mass is 9.96. The van der Waals surface area contributed by atoms with Gasteiger partial charge in [-0.25, -0.2) is 13.6 Å². The lowest BCUT2D eigenvalue weighted by molar-refractivity contribution is -0.192. The molecule has 12 heteroatoms. The summed E-state index contributed by atoms with van der Waals surface area (Å²) in [7, 11) is 0. The normalized spacial score (nSPS) is 11.7. The molecule has 0 bridgehead atoms. The molecule has 0 radical (unpaired) electrons.